The van der Waals surface area contributed by atoms with Crippen LogP contribution in [0.2, 0.25) is 0 Å². The topological polar surface area (TPSA) is 110 Å². The van der Waals surface area contributed by atoms with Crippen LogP contribution in [0.25, 0.3) is 5.76 Å². The van der Waals surface area contributed by atoms with Crippen LogP contribution < -0.4 is 9.64 Å². The standard InChI is InChI=1S/C19H17N5O4S/c1-3-28-13-6-4-11(5-7-13)16(25)14-15(12-8-21-23(2)9-12)24(18(27)17(14)26)19-22-20-10-29-19/h4-10,15,25H,3H2,1-2H3/b16-14+. The number of Topliss-reactive ketones (excluding diaryl/α,β-unsaturated/α-hetero) is 1. The maximum absolute atomic E-state index is 12.9. The van der Waals surface area contributed by atoms with E-state index < -0.39 is 17.7 Å². The summed E-state index contributed by atoms with van der Waals surface area (Å²) in [5, 5.41) is 23.1. The average molecular weight is 411 g/mol. The summed E-state index contributed by atoms with van der Waals surface area (Å²) in [6.45, 7) is 2.38. The Balaban J connectivity index is 1.86. The first-order chi connectivity index (χ1) is 14.0. The van der Waals surface area contributed by atoms with Crippen LogP contribution in [0.15, 0.2) is 47.7 Å². The summed E-state index contributed by atoms with van der Waals surface area (Å²) in [4.78, 5) is 26.9. The summed E-state index contributed by atoms with van der Waals surface area (Å²) in [5.74, 6) is -1.20. The highest BCUT2D eigenvalue weighted by Crippen LogP contribution is 2.42. The van der Waals surface area contributed by atoms with Gasteiger partial charge in [0.05, 0.1) is 18.4 Å². The SMILES string of the molecule is CCOc1ccc(/C(O)=C2\C(=O)C(=O)N(c3nncs3)C2c2cnn(C)c2)cc1. The van der Waals surface area contributed by atoms with Gasteiger partial charge in [-0.1, -0.05) is 11.3 Å². The van der Waals surface area contributed by atoms with Crippen LogP contribution in [0.5, 0.6) is 5.75 Å². The zero-order valence-corrected chi connectivity index (χ0v) is 16.5. The van der Waals surface area contributed by atoms with Crippen LogP contribution in [0.1, 0.15) is 24.1 Å². The van der Waals surface area contributed by atoms with Gasteiger partial charge >= 0.3 is 5.91 Å². The molecule has 1 atom stereocenters. The van der Waals surface area contributed by atoms with Crippen LogP contribution in [-0.4, -0.2) is 43.4 Å². The number of rotatable bonds is 5. The van der Waals surface area contributed by atoms with Gasteiger partial charge in [-0.25, -0.2) is 0 Å². The number of ether oxygens (including phenoxy) is 1. The van der Waals surface area contributed by atoms with E-state index in [2.05, 4.69) is 15.3 Å². The molecule has 0 spiro atoms. The van der Waals surface area contributed by atoms with E-state index >= 15 is 0 Å². The van der Waals surface area contributed by atoms with Crippen molar-refractivity contribution < 1.29 is 19.4 Å². The molecule has 1 aliphatic heterocycles. The zero-order chi connectivity index (χ0) is 20.5. The highest BCUT2D eigenvalue weighted by Gasteiger charge is 2.48. The summed E-state index contributed by atoms with van der Waals surface area (Å²) in [6, 6.07) is 5.80. The first kappa shape index (κ1) is 18.8. The van der Waals surface area contributed by atoms with Crippen molar-refractivity contribution in [3.63, 3.8) is 0 Å². The minimum atomic E-state index is -0.858. The van der Waals surface area contributed by atoms with E-state index in [1.54, 1.807) is 48.4 Å². The molecule has 1 saturated heterocycles. The molecule has 2 aromatic heterocycles. The molecular formula is C19H17N5O4S. The number of anilines is 1. The number of hydrogen-bond donors (Lipinski definition) is 1. The number of nitrogens with zero attached hydrogens (tertiary/aromatic N) is 5. The van der Waals surface area contributed by atoms with Gasteiger partial charge in [-0.3, -0.25) is 19.2 Å². The third kappa shape index (κ3) is 3.27. The largest absolute Gasteiger partial charge is 0.507 e. The lowest BCUT2D eigenvalue weighted by molar-refractivity contribution is -0.132. The molecule has 0 bridgehead atoms. The molecule has 1 fully saturated rings. The van der Waals surface area contributed by atoms with Crippen LogP contribution >= 0.6 is 11.3 Å². The summed E-state index contributed by atoms with van der Waals surface area (Å²) in [6.07, 6.45) is 3.24. The monoisotopic (exact) mass is 411 g/mol. The van der Waals surface area contributed by atoms with E-state index in [1.807, 2.05) is 6.92 Å². The molecule has 148 valence electrons. The Labute approximate surface area is 169 Å². The number of ketones is 1. The van der Waals surface area contributed by atoms with Crippen LogP contribution in [-0.2, 0) is 16.6 Å². The molecule has 0 saturated carbocycles. The number of aryl methyl sites for hydroxylation is 1. The quantitative estimate of drug-likeness (QED) is 0.390. The van der Waals surface area contributed by atoms with Crippen molar-refractivity contribution in [1.82, 2.24) is 20.0 Å². The van der Waals surface area contributed by atoms with Gasteiger partial charge in [-0.2, -0.15) is 5.10 Å². The molecule has 1 N–H and O–H groups in total. The van der Waals surface area contributed by atoms with Gasteiger partial charge in [-0.15, -0.1) is 10.2 Å². The van der Waals surface area contributed by atoms with Gasteiger partial charge in [0.1, 0.15) is 23.1 Å². The number of carbonyl (C=O) groups excluding carboxylic acids is 2. The van der Waals surface area contributed by atoms with Gasteiger partial charge in [0.2, 0.25) is 5.13 Å². The maximum Gasteiger partial charge on any atom is 0.301 e. The molecular weight excluding hydrogens is 394 g/mol. The summed E-state index contributed by atoms with van der Waals surface area (Å²) in [5.41, 5.74) is 2.43. The molecule has 9 nitrogen and oxygen atoms in total. The van der Waals surface area contributed by atoms with E-state index in [-0.39, 0.29) is 16.5 Å². The lowest BCUT2D eigenvalue weighted by Crippen LogP contribution is -2.29. The van der Waals surface area contributed by atoms with Crippen molar-refractivity contribution >= 4 is 33.9 Å². The second-order valence-electron chi connectivity index (χ2n) is 6.30. The van der Waals surface area contributed by atoms with Crippen molar-refractivity contribution in [2.24, 2.45) is 7.05 Å². The number of aliphatic hydroxyl groups excluding tert-OH is 1. The number of aromatic nitrogens is 4. The molecule has 4 rings (SSSR count). The second-order valence-corrected chi connectivity index (χ2v) is 7.11. The molecule has 1 aromatic carbocycles. The van der Waals surface area contributed by atoms with Crippen molar-refractivity contribution in [3.05, 3.63) is 58.9 Å². The molecule has 1 unspecified atom stereocenters. The first-order valence-electron chi connectivity index (χ1n) is 8.80. The van der Waals surface area contributed by atoms with E-state index in [9.17, 15) is 14.7 Å². The number of carbonyl (C=O) groups is 2. The van der Waals surface area contributed by atoms with E-state index in [1.165, 1.54) is 10.4 Å². The molecule has 3 heterocycles. The van der Waals surface area contributed by atoms with Crippen molar-refractivity contribution in [2.75, 3.05) is 11.5 Å². The highest BCUT2D eigenvalue weighted by atomic mass is 32.1. The number of hydrogen-bond acceptors (Lipinski definition) is 8. The zero-order valence-electron chi connectivity index (χ0n) is 15.6. The molecule has 1 amide bonds. The highest BCUT2D eigenvalue weighted by molar-refractivity contribution is 7.13. The van der Waals surface area contributed by atoms with Crippen molar-refractivity contribution in [2.45, 2.75) is 13.0 Å². The summed E-state index contributed by atoms with van der Waals surface area (Å²) >= 11 is 1.13. The lowest BCUT2D eigenvalue weighted by Gasteiger charge is -2.20. The van der Waals surface area contributed by atoms with Crippen molar-refractivity contribution in [3.8, 4) is 5.75 Å². The fourth-order valence-corrected chi connectivity index (χ4v) is 3.81. The van der Waals surface area contributed by atoms with Crippen molar-refractivity contribution in [1.29, 1.82) is 0 Å². The van der Waals surface area contributed by atoms with Gasteiger partial charge in [0.15, 0.2) is 0 Å². The molecule has 3 aromatic rings. The fraction of sp³-hybridized carbons (Fsp3) is 0.211. The fourth-order valence-electron chi connectivity index (χ4n) is 3.23. The third-order valence-electron chi connectivity index (χ3n) is 4.48. The minimum absolute atomic E-state index is 0.0256. The molecule has 29 heavy (non-hydrogen) atoms. The molecule has 1 aliphatic rings. The Morgan fingerprint density at radius 3 is 2.62 bits per heavy atom. The summed E-state index contributed by atoms with van der Waals surface area (Å²) in [7, 11) is 1.73. The van der Waals surface area contributed by atoms with E-state index in [4.69, 9.17) is 4.74 Å². The second kappa shape index (κ2) is 7.47. The Hall–Kier alpha value is -3.53. The number of benzene rings is 1. The minimum Gasteiger partial charge on any atom is -0.507 e. The predicted octanol–water partition coefficient (Wildman–Crippen LogP) is 2.30. The number of aliphatic hydroxyl groups is 1. The van der Waals surface area contributed by atoms with Crippen LogP contribution in [0, 0.1) is 0 Å². The van der Waals surface area contributed by atoms with Crippen LogP contribution in [0.3, 0.4) is 0 Å². The molecule has 0 aliphatic carbocycles. The Morgan fingerprint density at radius 2 is 2.03 bits per heavy atom. The smallest absolute Gasteiger partial charge is 0.301 e. The average Bonchev–Trinajstić information content (AvgIpc) is 3.43. The van der Waals surface area contributed by atoms with E-state index in [0.717, 1.165) is 11.3 Å². The summed E-state index contributed by atoms with van der Waals surface area (Å²) < 4.78 is 6.97. The Kier molecular flexibility index (Phi) is 4.85. The third-order valence-corrected chi connectivity index (χ3v) is 5.17. The Morgan fingerprint density at radius 1 is 1.28 bits per heavy atom. The molecule has 10 heteroatoms. The van der Waals surface area contributed by atoms with Gasteiger partial charge in [0.25, 0.3) is 5.78 Å². The van der Waals surface area contributed by atoms with E-state index in [0.29, 0.717) is 23.5 Å². The maximum atomic E-state index is 12.9. The first-order valence-corrected chi connectivity index (χ1v) is 9.68. The number of amides is 1. The van der Waals surface area contributed by atoms with Gasteiger partial charge in [0, 0.05) is 24.4 Å². The predicted molar refractivity (Wildman–Crippen MR) is 106 cm³/mol. The van der Waals surface area contributed by atoms with Gasteiger partial charge < -0.3 is 9.84 Å². The Bertz CT molecular complexity index is 1090. The normalized spacial score (nSPS) is 18.4. The van der Waals surface area contributed by atoms with Crippen LogP contribution in [0.4, 0.5) is 5.13 Å². The van der Waals surface area contributed by atoms with Gasteiger partial charge in [-0.05, 0) is 31.2 Å². The lowest BCUT2D eigenvalue weighted by atomic mass is 9.97. The molecule has 0 radical (unpaired) electrons.